The minimum atomic E-state index is 0.552. The molecule has 0 amide bonds. The van der Waals surface area contributed by atoms with Crippen molar-refractivity contribution in [1.82, 2.24) is 19.4 Å². The smallest absolute Gasteiger partial charge is 0.227 e. The largest absolute Gasteiger partial charge is 0.324 e. The fourth-order valence-electron chi connectivity index (χ4n) is 2.67. The third kappa shape index (κ3) is 2.76. The van der Waals surface area contributed by atoms with Gasteiger partial charge in [0.2, 0.25) is 5.95 Å². The summed E-state index contributed by atoms with van der Waals surface area (Å²) in [5, 5.41) is 3.23. The first-order valence-electron chi connectivity index (χ1n) is 7.50. The summed E-state index contributed by atoms with van der Waals surface area (Å²) in [5.74, 6) is 0.552. The highest BCUT2D eigenvalue weighted by Crippen LogP contribution is 2.24. The summed E-state index contributed by atoms with van der Waals surface area (Å²) >= 11 is 3.47. The molecule has 0 fully saturated rings. The van der Waals surface area contributed by atoms with Crippen molar-refractivity contribution in [2.75, 3.05) is 5.32 Å². The Kier molecular flexibility index (Phi) is 3.74. The van der Waals surface area contributed by atoms with E-state index in [-0.39, 0.29) is 0 Å². The van der Waals surface area contributed by atoms with Crippen LogP contribution in [0.2, 0.25) is 0 Å². The van der Waals surface area contributed by atoms with Gasteiger partial charge in [0.15, 0.2) is 0 Å². The Morgan fingerprint density at radius 1 is 1.04 bits per heavy atom. The van der Waals surface area contributed by atoms with Crippen molar-refractivity contribution in [3.05, 3.63) is 71.1 Å². The maximum absolute atomic E-state index is 4.65. The van der Waals surface area contributed by atoms with Crippen molar-refractivity contribution in [3.63, 3.8) is 0 Å². The number of hydrogen-bond donors (Lipinski definition) is 1. The fraction of sp³-hybridized carbons (Fsp3) is 0.0556. The van der Waals surface area contributed by atoms with Crippen molar-refractivity contribution in [2.24, 2.45) is 0 Å². The van der Waals surface area contributed by atoms with Crippen LogP contribution in [0.1, 0.15) is 5.69 Å². The zero-order chi connectivity index (χ0) is 16.5. The van der Waals surface area contributed by atoms with Crippen molar-refractivity contribution in [2.45, 2.75) is 6.92 Å². The molecule has 24 heavy (non-hydrogen) atoms. The monoisotopic (exact) mass is 379 g/mol. The predicted molar refractivity (Wildman–Crippen MR) is 98.4 cm³/mol. The fourth-order valence-corrected chi connectivity index (χ4v) is 3.07. The molecule has 0 atom stereocenters. The van der Waals surface area contributed by atoms with Gasteiger partial charge in [-0.15, -0.1) is 0 Å². The second-order valence-electron chi connectivity index (χ2n) is 5.38. The Hall–Kier alpha value is -2.73. The average molecular weight is 380 g/mol. The van der Waals surface area contributed by atoms with Crippen LogP contribution in [0.4, 0.5) is 11.6 Å². The highest BCUT2D eigenvalue weighted by molar-refractivity contribution is 9.10. The highest BCUT2D eigenvalue weighted by atomic mass is 79.9. The Labute approximate surface area is 147 Å². The predicted octanol–water partition coefficient (Wildman–Crippen LogP) is 4.61. The Bertz CT molecular complexity index is 1020. The minimum absolute atomic E-state index is 0.552. The number of hydrogen-bond acceptors (Lipinski definition) is 4. The van der Waals surface area contributed by atoms with E-state index in [0.29, 0.717) is 5.95 Å². The Balaban J connectivity index is 1.76. The topological polar surface area (TPSA) is 55.1 Å². The van der Waals surface area contributed by atoms with Gasteiger partial charge >= 0.3 is 0 Å². The number of nitrogens with one attached hydrogen (secondary N) is 1. The van der Waals surface area contributed by atoms with Crippen LogP contribution < -0.4 is 5.32 Å². The molecule has 1 aromatic carbocycles. The third-order valence-corrected chi connectivity index (χ3v) is 4.18. The molecule has 5 nitrogen and oxygen atoms in total. The molecule has 1 N–H and O–H groups in total. The van der Waals surface area contributed by atoms with Gasteiger partial charge in [0.1, 0.15) is 5.65 Å². The Morgan fingerprint density at radius 2 is 1.96 bits per heavy atom. The first-order chi connectivity index (χ1) is 11.7. The molecule has 0 aliphatic carbocycles. The lowest BCUT2D eigenvalue weighted by molar-refractivity contribution is 1.12. The van der Waals surface area contributed by atoms with Gasteiger partial charge in [-0.1, -0.05) is 28.1 Å². The summed E-state index contributed by atoms with van der Waals surface area (Å²) in [7, 11) is 0. The quantitative estimate of drug-likeness (QED) is 0.564. The molecular weight excluding hydrogens is 366 g/mol. The molecule has 0 radical (unpaired) electrons. The number of aryl methyl sites for hydroxylation is 1. The van der Waals surface area contributed by atoms with E-state index in [9.17, 15) is 0 Å². The highest BCUT2D eigenvalue weighted by Gasteiger charge is 2.12. The van der Waals surface area contributed by atoms with E-state index < -0.39 is 0 Å². The Morgan fingerprint density at radius 3 is 2.83 bits per heavy atom. The van der Waals surface area contributed by atoms with Crippen LogP contribution in [-0.4, -0.2) is 19.4 Å². The van der Waals surface area contributed by atoms with Crippen LogP contribution in [0.3, 0.4) is 0 Å². The normalized spacial score (nSPS) is 10.9. The van der Waals surface area contributed by atoms with Crippen molar-refractivity contribution in [1.29, 1.82) is 0 Å². The molecule has 0 saturated heterocycles. The van der Waals surface area contributed by atoms with E-state index in [0.717, 1.165) is 32.9 Å². The summed E-state index contributed by atoms with van der Waals surface area (Å²) in [6.45, 7) is 1.99. The zero-order valence-electron chi connectivity index (χ0n) is 12.9. The molecule has 0 spiro atoms. The molecule has 0 unspecified atom stereocenters. The lowest BCUT2D eigenvalue weighted by Crippen LogP contribution is -1.99. The number of fused-ring (bicyclic) bond motifs is 1. The number of pyridine rings is 1. The van der Waals surface area contributed by atoms with Crippen LogP contribution in [0.15, 0.2) is 65.4 Å². The summed E-state index contributed by atoms with van der Waals surface area (Å²) in [6.07, 6.45) is 3.75. The first kappa shape index (κ1) is 14.8. The second kappa shape index (κ2) is 6.05. The molecule has 0 saturated carbocycles. The van der Waals surface area contributed by atoms with E-state index >= 15 is 0 Å². The summed E-state index contributed by atoms with van der Waals surface area (Å²) < 4.78 is 3.04. The van der Waals surface area contributed by atoms with Crippen LogP contribution in [0, 0.1) is 6.92 Å². The van der Waals surface area contributed by atoms with Crippen molar-refractivity contribution in [3.8, 4) is 11.4 Å². The van der Waals surface area contributed by atoms with Crippen LogP contribution in [-0.2, 0) is 0 Å². The molecule has 6 heteroatoms. The summed E-state index contributed by atoms with van der Waals surface area (Å²) in [6, 6.07) is 15.7. The summed E-state index contributed by atoms with van der Waals surface area (Å²) in [4.78, 5) is 13.6. The first-order valence-corrected chi connectivity index (χ1v) is 8.30. The third-order valence-electron chi connectivity index (χ3n) is 3.68. The van der Waals surface area contributed by atoms with E-state index in [1.54, 1.807) is 6.20 Å². The van der Waals surface area contributed by atoms with E-state index in [2.05, 4.69) is 36.2 Å². The van der Waals surface area contributed by atoms with E-state index in [4.69, 9.17) is 0 Å². The van der Waals surface area contributed by atoms with E-state index in [1.165, 1.54) is 0 Å². The van der Waals surface area contributed by atoms with Gasteiger partial charge in [0.05, 0.1) is 17.1 Å². The summed E-state index contributed by atoms with van der Waals surface area (Å²) in [5.41, 5.74) is 4.58. The van der Waals surface area contributed by atoms with Crippen LogP contribution in [0.25, 0.3) is 17.0 Å². The lowest BCUT2D eigenvalue weighted by atomic mass is 10.2. The van der Waals surface area contributed by atoms with Crippen LogP contribution >= 0.6 is 15.9 Å². The van der Waals surface area contributed by atoms with Crippen LogP contribution in [0.5, 0.6) is 0 Å². The number of aromatic nitrogens is 4. The number of nitrogens with zero attached hydrogens (tertiary/aromatic N) is 4. The molecule has 0 aliphatic rings. The second-order valence-corrected chi connectivity index (χ2v) is 6.29. The van der Waals surface area contributed by atoms with Crippen molar-refractivity contribution < 1.29 is 0 Å². The van der Waals surface area contributed by atoms with Gasteiger partial charge < -0.3 is 5.32 Å². The van der Waals surface area contributed by atoms with Crippen molar-refractivity contribution >= 4 is 33.2 Å². The van der Waals surface area contributed by atoms with E-state index in [1.807, 2.05) is 66.1 Å². The molecule has 0 aliphatic heterocycles. The number of benzene rings is 1. The number of halogens is 1. The molecule has 4 rings (SSSR count). The molecule has 3 heterocycles. The van der Waals surface area contributed by atoms with Gasteiger partial charge in [0.25, 0.3) is 0 Å². The molecule has 4 aromatic rings. The van der Waals surface area contributed by atoms with Gasteiger partial charge in [0, 0.05) is 22.6 Å². The maximum atomic E-state index is 4.65. The lowest BCUT2D eigenvalue weighted by Gasteiger charge is -2.07. The molecule has 0 bridgehead atoms. The number of imidazole rings is 1. The number of rotatable bonds is 3. The van der Waals surface area contributed by atoms with Gasteiger partial charge in [-0.25, -0.2) is 15.0 Å². The molecular formula is C18H14BrN5. The number of anilines is 2. The minimum Gasteiger partial charge on any atom is -0.324 e. The SMILES string of the molecule is Cc1nc2ccccn2c1-c1ccnc(Nc2cccc(Br)c2)n1. The molecule has 3 aromatic heterocycles. The average Bonchev–Trinajstić information content (AvgIpc) is 2.91. The van der Waals surface area contributed by atoms with Gasteiger partial charge in [-0.3, -0.25) is 4.40 Å². The zero-order valence-corrected chi connectivity index (χ0v) is 14.5. The maximum Gasteiger partial charge on any atom is 0.227 e. The standard InChI is InChI=1S/C18H14BrN5/c1-12-17(24-10-3-2-7-16(24)21-12)15-8-9-20-18(23-15)22-14-6-4-5-13(19)11-14/h2-11H,1H3,(H,20,22,23). The molecule has 118 valence electrons. The van der Waals surface area contributed by atoms with Gasteiger partial charge in [-0.05, 0) is 43.3 Å². The van der Waals surface area contributed by atoms with Gasteiger partial charge in [-0.2, -0.15) is 0 Å².